The number of alkyl halides is 3. The van der Waals surface area contributed by atoms with Crippen LogP contribution in [-0.2, 0) is 6.18 Å². The molecule has 2 fully saturated rings. The van der Waals surface area contributed by atoms with Crippen LogP contribution >= 0.6 is 0 Å². The lowest BCUT2D eigenvalue weighted by Crippen LogP contribution is -2.63. The topological polar surface area (TPSA) is 100 Å². The average Bonchev–Trinajstić information content (AvgIpc) is 3.08. The maximum absolute atomic E-state index is 13.2. The molecule has 0 bridgehead atoms. The van der Waals surface area contributed by atoms with Crippen LogP contribution in [-0.4, -0.2) is 87.4 Å². The first-order chi connectivity index (χ1) is 12.7. The van der Waals surface area contributed by atoms with E-state index >= 15 is 0 Å². The summed E-state index contributed by atoms with van der Waals surface area (Å²) in [4.78, 5) is 7.16. The zero-order valence-electron chi connectivity index (χ0n) is 14.6. The Balaban J connectivity index is 1.69. The van der Waals surface area contributed by atoms with Crippen LogP contribution in [0.5, 0.6) is 0 Å². The Morgan fingerprint density at radius 3 is 2.56 bits per heavy atom. The van der Waals surface area contributed by atoms with Crippen LogP contribution in [0.15, 0.2) is 18.5 Å². The maximum Gasteiger partial charge on any atom is 0.418 e. The number of hydrogen-bond donors (Lipinski definition) is 4. The summed E-state index contributed by atoms with van der Waals surface area (Å²) in [7, 11) is 0. The van der Waals surface area contributed by atoms with Crippen LogP contribution in [0.3, 0.4) is 0 Å². The molecule has 3 heterocycles. The second kappa shape index (κ2) is 7.88. The Labute approximate surface area is 154 Å². The van der Waals surface area contributed by atoms with E-state index < -0.39 is 36.1 Å². The highest BCUT2D eigenvalue weighted by molar-refractivity contribution is 5.53. The number of piperidine rings is 1. The Bertz CT molecular complexity index is 648. The Kier molecular flexibility index (Phi) is 5.92. The Hall–Kier alpha value is -1.46. The standard InChI is InChI=1S/C17H24F3N3O4/c18-17(19,20)11-1-3-21-5-12(11)22-4-2-10(6-22)7-23-8-14(25)16(27)15(26)13(23)9-24/h1,3,5,10,13-16,24-27H,2,4,6-9H2/t10-,13-,14-,15+,16+/m0/s1. The Morgan fingerprint density at radius 2 is 1.89 bits per heavy atom. The summed E-state index contributed by atoms with van der Waals surface area (Å²) in [6.07, 6.45) is -5.25. The summed E-state index contributed by atoms with van der Waals surface area (Å²) in [5.41, 5.74) is -0.682. The van der Waals surface area contributed by atoms with Crippen molar-refractivity contribution >= 4 is 5.69 Å². The van der Waals surface area contributed by atoms with Gasteiger partial charge in [-0.2, -0.15) is 13.2 Å². The summed E-state index contributed by atoms with van der Waals surface area (Å²) in [5.74, 6) is -0.00465. The first kappa shape index (κ1) is 20.3. The molecule has 27 heavy (non-hydrogen) atoms. The van der Waals surface area contributed by atoms with Crippen LogP contribution in [0.4, 0.5) is 18.9 Å². The van der Waals surface area contributed by atoms with Gasteiger partial charge in [-0.25, -0.2) is 0 Å². The highest BCUT2D eigenvalue weighted by Gasteiger charge is 2.42. The van der Waals surface area contributed by atoms with Gasteiger partial charge in [-0.15, -0.1) is 0 Å². The first-order valence-corrected chi connectivity index (χ1v) is 8.87. The van der Waals surface area contributed by atoms with Crippen LogP contribution < -0.4 is 4.90 Å². The van der Waals surface area contributed by atoms with Crippen molar-refractivity contribution in [1.82, 2.24) is 9.88 Å². The molecule has 2 saturated heterocycles. The number of aliphatic hydroxyl groups is 4. The molecule has 0 unspecified atom stereocenters. The van der Waals surface area contributed by atoms with Crippen LogP contribution in [0.25, 0.3) is 0 Å². The second-order valence-corrected chi connectivity index (χ2v) is 7.24. The molecule has 2 aliphatic heterocycles. The number of rotatable bonds is 4. The molecule has 0 amide bonds. The molecule has 5 atom stereocenters. The van der Waals surface area contributed by atoms with Gasteiger partial charge < -0.3 is 25.3 Å². The molecule has 7 nitrogen and oxygen atoms in total. The lowest BCUT2D eigenvalue weighted by molar-refractivity contribution is -0.147. The van der Waals surface area contributed by atoms with E-state index in [0.717, 1.165) is 12.3 Å². The van der Waals surface area contributed by atoms with Crippen molar-refractivity contribution in [3.8, 4) is 0 Å². The molecular weight excluding hydrogens is 367 g/mol. The number of halogens is 3. The molecule has 4 N–H and O–H groups in total. The molecule has 152 valence electrons. The third kappa shape index (κ3) is 4.19. The molecule has 0 aromatic carbocycles. The van der Waals surface area contributed by atoms with E-state index in [1.807, 2.05) is 0 Å². The summed E-state index contributed by atoms with van der Waals surface area (Å²) in [6.45, 7) is 0.899. The van der Waals surface area contributed by atoms with Gasteiger partial charge in [0.25, 0.3) is 0 Å². The predicted octanol–water partition coefficient (Wildman–Crippen LogP) is -0.314. The lowest BCUT2D eigenvalue weighted by atomic mass is 9.93. The van der Waals surface area contributed by atoms with Crippen molar-refractivity contribution in [3.63, 3.8) is 0 Å². The zero-order valence-corrected chi connectivity index (χ0v) is 14.6. The normalized spacial score (nSPS) is 32.9. The fraction of sp³-hybridized carbons (Fsp3) is 0.706. The summed E-state index contributed by atoms with van der Waals surface area (Å²) >= 11 is 0. The van der Waals surface area contributed by atoms with E-state index in [9.17, 15) is 33.6 Å². The van der Waals surface area contributed by atoms with Gasteiger partial charge >= 0.3 is 6.18 Å². The van der Waals surface area contributed by atoms with Crippen molar-refractivity contribution in [2.75, 3.05) is 37.7 Å². The third-order valence-electron chi connectivity index (χ3n) is 5.44. The average molecular weight is 391 g/mol. The number of β-amino-alcohol motifs (C(OH)–C–C–N with tert-alkyl or cyclic N) is 1. The number of likely N-dealkylation sites (tertiary alicyclic amines) is 1. The molecule has 3 rings (SSSR count). The molecule has 1 aromatic heterocycles. The molecule has 0 radical (unpaired) electrons. The maximum atomic E-state index is 13.2. The van der Waals surface area contributed by atoms with Crippen molar-refractivity contribution in [1.29, 1.82) is 0 Å². The fourth-order valence-corrected chi connectivity index (χ4v) is 4.00. The van der Waals surface area contributed by atoms with E-state index in [0.29, 0.717) is 26.1 Å². The summed E-state index contributed by atoms with van der Waals surface area (Å²) < 4.78 is 39.7. The number of nitrogens with zero attached hydrogens (tertiary/aromatic N) is 3. The van der Waals surface area contributed by atoms with Crippen molar-refractivity contribution in [3.05, 3.63) is 24.0 Å². The van der Waals surface area contributed by atoms with E-state index in [1.54, 1.807) is 9.80 Å². The number of aromatic nitrogens is 1. The van der Waals surface area contributed by atoms with Gasteiger partial charge in [-0.1, -0.05) is 0 Å². The van der Waals surface area contributed by atoms with Gasteiger partial charge in [0.05, 0.1) is 36.2 Å². The molecule has 1 aromatic rings. The van der Waals surface area contributed by atoms with Crippen molar-refractivity contribution < 1.29 is 33.6 Å². The molecule has 0 spiro atoms. The lowest BCUT2D eigenvalue weighted by Gasteiger charge is -2.44. The molecular formula is C17H24F3N3O4. The van der Waals surface area contributed by atoms with E-state index in [4.69, 9.17) is 0 Å². The van der Waals surface area contributed by atoms with E-state index in [2.05, 4.69) is 4.98 Å². The molecule has 10 heteroatoms. The van der Waals surface area contributed by atoms with Crippen molar-refractivity contribution in [2.24, 2.45) is 5.92 Å². The minimum absolute atomic E-state index is 0.00465. The second-order valence-electron chi connectivity index (χ2n) is 7.24. The van der Waals surface area contributed by atoms with Gasteiger partial charge in [-0.3, -0.25) is 9.88 Å². The number of anilines is 1. The van der Waals surface area contributed by atoms with Crippen molar-refractivity contribution in [2.45, 2.75) is 37.0 Å². The highest BCUT2D eigenvalue weighted by Crippen LogP contribution is 2.38. The molecule has 0 aliphatic carbocycles. The number of hydrogen-bond acceptors (Lipinski definition) is 7. The summed E-state index contributed by atoms with van der Waals surface area (Å²) in [6, 6.07) is 0.241. The Morgan fingerprint density at radius 1 is 1.15 bits per heavy atom. The zero-order chi connectivity index (χ0) is 19.8. The minimum atomic E-state index is -4.46. The number of aliphatic hydroxyl groups excluding tert-OH is 4. The number of pyridine rings is 1. The van der Waals surface area contributed by atoms with Crippen LogP contribution in [0, 0.1) is 5.92 Å². The van der Waals surface area contributed by atoms with Gasteiger partial charge in [0.1, 0.15) is 12.2 Å². The molecule has 2 aliphatic rings. The SMILES string of the molecule is OC[C@H]1[C@@H](O)[C@H](O)[C@@H](O)CN1C[C@H]1CCN(c2cnccc2C(F)(F)F)C1. The van der Waals surface area contributed by atoms with Gasteiger partial charge in [0, 0.05) is 32.4 Å². The van der Waals surface area contributed by atoms with Gasteiger partial charge in [0.15, 0.2) is 0 Å². The largest absolute Gasteiger partial charge is 0.418 e. The van der Waals surface area contributed by atoms with E-state index in [1.165, 1.54) is 6.20 Å². The molecule has 0 saturated carbocycles. The monoisotopic (exact) mass is 391 g/mol. The minimum Gasteiger partial charge on any atom is -0.395 e. The summed E-state index contributed by atoms with van der Waals surface area (Å²) in [5, 5.41) is 39.2. The fourth-order valence-electron chi connectivity index (χ4n) is 4.00. The van der Waals surface area contributed by atoms with Crippen LogP contribution in [0.2, 0.25) is 0 Å². The first-order valence-electron chi connectivity index (χ1n) is 8.87. The van der Waals surface area contributed by atoms with Gasteiger partial charge in [0.2, 0.25) is 0 Å². The third-order valence-corrected chi connectivity index (χ3v) is 5.44. The van der Waals surface area contributed by atoms with E-state index in [-0.39, 0.29) is 24.8 Å². The predicted molar refractivity (Wildman–Crippen MR) is 90.0 cm³/mol. The highest BCUT2D eigenvalue weighted by atomic mass is 19.4. The van der Waals surface area contributed by atoms with Crippen LogP contribution in [0.1, 0.15) is 12.0 Å². The van der Waals surface area contributed by atoms with Gasteiger partial charge in [-0.05, 0) is 18.4 Å². The smallest absolute Gasteiger partial charge is 0.395 e. The quantitative estimate of drug-likeness (QED) is 0.559.